The van der Waals surface area contributed by atoms with E-state index in [1.54, 1.807) is 13.9 Å². The highest BCUT2D eigenvalue weighted by molar-refractivity contribution is 6.45. The minimum absolute atomic E-state index is 0.0372. The minimum Gasteiger partial charge on any atom is -0.497 e. The van der Waals surface area contributed by atoms with Crippen molar-refractivity contribution in [1.82, 2.24) is 15.2 Å². The van der Waals surface area contributed by atoms with Crippen molar-refractivity contribution in [2.45, 2.75) is 63.9 Å². The number of ether oxygens (including phenoxy) is 1. The summed E-state index contributed by atoms with van der Waals surface area (Å²) in [5, 5.41) is 17.4. The van der Waals surface area contributed by atoms with Crippen molar-refractivity contribution in [2.24, 2.45) is 5.16 Å². The Morgan fingerprint density at radius 3 is 2.61 bits per heavy atom. The van der Waals surface area contributed by atoms with Gasteiger partial charge in [0.15, 0.2) is 0 Å². The number of rotatable bonds is 5. The third-order valence-electron chi connectivity index (χ3n) is 6.27. The molecule has 1 heterocycles. The lowest BCUT2D eigenvalue weighted by Crippen LogP contribution is -2.43. The van der Waals surface area contributed by atoms with Gasteiger partial charge in [-0.1, -0.05) is 5.16 Å². The molecule has 9 heteroatoms. The predicted octanol–water partition coefficient (Wildman–Crippen LogP) is 2.76. The Balaban J connectivity index is 1.67. The van der Waals surface area contributed by atoms with Gasteiger partial charge in [0.05, 0.1) is 18.5 Å². The minimum atomic E-state index is -0.537. The number of benzene rings is 1. The molecule has 31 heavy (non-hydrogen) atoms. The third kappa shape index (κ3) is 4.12. The molecule has 0 radical (unpaired) electrons. The fourth-order valence-corrected chi connectivity index (χ4v) is 4.69. The molecule has 0 amide bonds. The van der Waals surface area contributed by atoms with E-state index in [1.807, 2.05) is 18.2 Å². The Morgan fingerprint density at radius 2 is 1.94 bits per heavy atom. The molecule has 1 aromatic heterocycles. The molecule has 1 saturated carbocycles. The number of oxime groups is 1. The zero-order valence-corrected chi connectivity index (χ0v) is 18.6. The van der Waals surface area contributed by atoms with E-state index in [0.717, 1.165) is 59.5 Å². The van der Waals surface area contributed by atoms with Crippen molar-refractivity contribution in [2.75, 3.05) is 12.8 Å². The number of hydrogen-bond acceptors (Lipinski definition) is 8. The SMILES string of the molecule is COc1ccc2c(c1)/C(=N\O[C@H]1CC[C@@H](NB(C)O)CC1)C(C)(C)c1c(N)ncnc1-2. The molecule has 2 aromatic rings. The normalized spacial score (nSPS) is 23.1. The smallest absolute Gasteiger partial charge is 0.373 e. The maximum Gasteiger partial charge on any atom is 0.373 e. The van der Waals surface area contributed by atoms with E-state index in [9.17, 15) is 5.02 Å². The van der Waals surface area contributed by atoms with Gasteiger partial charge in [-0.15, -0.1) is 0 Å². The standard InChI is InChI=1S/C22H30BN5O3/c1-22(2)18-19(25-12-26-21(18)24)16-10-9-15(30-4)11-17(16)20(22)28-31-14-7-5-13(6-8-14)27-23(3)29/h9-14,27,29H,5-8H2,1-4H3,(H2,24,25,26)/b28-20+/t13-,14+. The summed E-state index contributed by atoms with van der Waals surface area (Å²) in [6.45, 7) is 5.89. The summed E-state index contributed by atoms with van der Waals surface area (Å²) in [5.74, 6) is 1.20. The first kappa shape index (κ1) is 21.6. The number of hydrogen-bond donors (Lipinski definition) is 3. The van der Waals surface area contributed by atoms with Crippen molar-refractivity contribution in [3.05, 3.63) is 35.7 Å². The number of aromatic nitrogens is 2. The summed E-state index contributed by atoms with van der Waals surface area (Å²) in [5.41, 5.74) is 10.1. The Hall–Kier alpha value is -2.65. The van der Waals surface area contributed by atoms with Crippen molar-refractivity contribution < 1.29 is 14.6 Å². The predicted molar refractivity (Wildman–Crippen MR) is 122 cm³/mol. The van der Waals surface area contributed by atoms with E-state index in [0.29, 0.717) is 11.9 Å². The van der Waals surface area contributed by atoms with E-state index < -0.39 is 12.5 Å². The second-order valence-corrected chi connectivity index (χ2v) is 8.88. The highest BCUT2D eigenvalue weighted by Gasteiger charge is 2.41. The van der Waals surface area contributed by atoms with Crippen molar-refractivity contribution in [3.8, 4) is 17.0 Å². The van der Waals surface area contributed by atoms with Gasteiger partial charge in [0, 0.05) is 22.1 Å². The van der Waals surface area contributed by atoms with Gasteiger partial charge in [0.1, 0.15) is 24.0 Å². The molecule has 0 atom stereocenters. The molecule has 164 valence electrons. The van der Waals surface area contributed by atoms with Gasteiger partial charge in [-0.2, -0.15) is 0 Å². The molecule has 0 spiro atoms. The van der Waals surface area contributed by atoms with Crippen molar-refractivity contribution >= 4 is 18.6 Å². The van der Waals surface area contributed by atoms with E-state index in [-0.39, 0.29) is 6.10 Å². The van der Waals surface area contributed by atoms with E-state index in [2.05, 4.69) is 34.2 Å². The van der Waals surface area contributed by atoms with Crippen LogP contribution in [0.15, 0.2) is 29.7 Å². The first-order valence-corrected chi connectivity index (χ1v) is 10.8. The largest absolute Gasteiger partial charge is 0.497 e. The molecule has 0 aliphatic heterocycles. The van der Waals surface area contributed by atoms with Crippen LogP contribution in [0, 0.1) is 0 Å². The van der Waals surface area contributed by atoms with Crippen LogP contribution in [0.3, 0.4) is 0 Å². The summed E-state index contributed by atoms with van der Waals surface area (Å²) >= 11 is 0. The average Bonchev–Trinajstić information content (AvgIpc) is 2.73. The zero-order chi connectivity index (χ0) is 22.2. The topological polar surface area (TPSA) is 115 Å². The van der Waals surface area contributed by atoms with Gasteiger partial charge in [0.2, 0.25) is 0 Å². The Bertz CT molecular complexity index is 987. The van der Waals surface area contributed by atoms with Gasteiger partial charge >= 0.3 is 7.05 Å². The number of nitrogens with two attached hydrogens (primary N) is 1. The van der Waals surface area contributed by atoms with Crippen LogP contribution in [0.2, 0.25) is 6.82 Å². The Labute approximate surface area is 183 Å². The molecule has 0 bridgehead atoms. The molecular weight excluding hydrogens is 393 g/mol. The molecular formula is C22H30BN5O3. The van der Waals surface area contributed by atoms with Gasteiger partial charge in [0.25, 0.3) is 0 Å². The average molecular weight is 423 g/mol. The summed E-state index contributed by atoms with van der Waals surface area (Å²) in [4.78, 5) is 14.8. The maximum absolute atomic E-state index is 9.55. The molecule has 4 N–H and O–H groups in total. The van der Waals surface area contributed by atoms with Gasteiger partial charge in [-0.05, 0) is 70.6 Å². The molecule has 1 aromatic carbocycles. The molecule has 1 fully saturated rings. The monoisotopic (exact) mass is 423 g/mol. The van der Waals surface area contributed by atoms with E-state index in [4.69, 9.17) is 15.3 Å². The van der Waals surface area contributed by atoms with Crippen LogP contribution in [0.4, 0.5) is 5.82 Å². The zero-order valence-electron chi connectivity index (χ0n) is 18.6. The fourth-order valence-electron chi connectivity index (χ4n) is 4.69. The molecule has 8 nitrogen and oxygen atoms in total. The second-order valence-electron chi connectivity index (χ2n) is 8.88. The molecule has 0 unspecified atom stereocenters. The Kier molecular flexibility index (Phi) is 5.90. The molecule has 2 aliphatic carbocycles. The number of nitrogens with one attached hydrogen (secondary N) is 1. The van der Waals surface area contributed by atoms with Gasteiger partial charge < -0.3 is 25.6 Å². The number of fused-ring (bicyclic) bond motifs is 3. The van der Waals surface area contributed by atoms with Gasteiger partial charge in [-0.25, -0.2) is 9.97 Å². The van der Waals surface area contributed by atoms with Crippen LogP contribution >= 0.6 is 0 Å². The van der Waals surface area contributed by atoms with Crippen LogP contribution in [0.5, 0.6) is 5.75 Å². The highest BCUT2D eigenvalue weighted by Crippen LogP contribution is 2.45. The van der Waals surface area contributed by atoms with Crippen LogP contribution in [-0.4, -0.2) is 47.0 Å². The lowest BCUT2D eigenvalue weighted by atomic mass is 9.70. The van der Waals surface area contributed by atoms with Gasteiger partial charge in [-0.3, -0.25) is 0 Å². The van der Waals surface area contributed by atoms with Crippen LogP contribution in [0.25, 0.3) is 11.3 Å². The first-order valence-electron chi connectivity index (χ1n) is 10.8. The number of nitrogens with zero attached hydrogens (tertiary/aromatic N) is 3. The van der Waals surface area contributed by atoms with Crippen molar-refractivity contribution in [1.29, 1.82) is 0 Å². The molecule has 4 rings (SSSR count). The van der Waals surface area contributed by atoms with E-state index >= 15 is 0 Å². The second kappa shape index (κ2) is 8.47. The van der Waals surface area contributed by atoms with Crippen LogP contribution in [-0.2, 0) is 10.3 Å². The maximum atomic E-state index is 9.55. The highest BCUT2D eigenvalue weighted by atomic mass is 16.6. The van der Waals surface area contributed by atoms with Crippen LogP contribution in [0.1, 0.15) is 50.7 Å². The first-order chi connectivity index (χ1) is 14.8. The number of anilines is 1. The summed E-state index contributed by atoms with van der Waals surface area (Å²) in [7, 11) is 1.15. The number of nitrogen functional groups attached to an aromatic ring is 1. The lowest BCUT2D eigenvalue weighted by molar-refractivity contribution is 0.0271. The lowest BCUT2D eigenvalue weighted by Gasteiger charge is -2.35. The summed E-state index contributed by atoms with van der Waals surface area (Å²) in [6, 6.07) is 6.18. The molecule has 0 saturated heterocycles. The number of methoxy groups -OCH3 is 1. The quantitative estimate of drug-likeness (QED) is 0.500. The molecule has 2 aliphatic rings. The Morgan fingerprint density at radius 1 is 1.19 bits per heavy atom. The fraction of sp³-hybridized carbons (Fsp3) is 0.500. The van der Waals surface area contributed by atoms with Crippen molar-refractivity contribution in [3.63, 3.8) is 0 Å². The summed E-state index contributed by atoms with van der Waals surface area (Å²) in [6.07, 6.45) is 5.19. The van der Waals surface area contributed by atoms with Crippen LogP contribution < -0.4 is 15.7 Å². The summed E-state index contributed by atoms with van der Waals surface area (Å²) < 4.78 is 5.47. The third-order valence-corrected chi connectivity index (χ3v) is 6.27. The van der Waals surface area contributed by atoms with E-state index in [1.165, 1.54) is 6.33 Å².